The molecule has 136 valence electrons. The van der Waals surface area contributed by atoms with Gasteiger partial charge in [-0.3, -0.25) is 14.3 Å². The minimum absolute atomic E-state index is 0.164. The van der Waals surface area contributed by atoms with Crippen molar-refractivity contribution in [2.75, 3.05) is 16.3 Å². The highest BCUT2D eigenvalue weighted by Crippen LogP contribution is 2.20. The molecule has 3 rings (SSSR count). The largest absolute Gasteiger partial charge is 0.349 e. The van der Waals surface area contributed by atoms with Crippen LogP contribution >= 0.6 is 0 Å². The topological polar surface area (TPSA) is 104 Å². The molecule has 0 aliphatic heterocycles. The van der Waals surface area contributed by atoms with Gasteiger partial charge in [0.15, 0.2) is 0 Å². The van der Waals surface area contributed by atoms with Gasteiger partial charge >= 0.3 is 0 Å². The zero-order valence-corrected chi connectivity index (χ0v) is 15.0. The second kappa shape index (κ2) is 7.17. The number of amides is 2. The first-order valence-electron chi connectivity index (χ1n) is 8.10. The Bertz CT molecular complexity index is 952. The number of hydrogen-bond donors (Lipinski definition) is 3. The number of nitrogens with one attached hydrogen (secondary N) is 3. The average Bonchev–Trinajstić information content (AvgIpc) is 3.37. The number of rotatable bonds is 6. The lowest BCUT2D eigenvalue weighted by atomic mass is 10.1. The third-order valence-electron chi connectivity index (χ3n) is 3.72. The van der Waals surface area contributed by atoms with E-state index >= 15 is 0 Å². The van der Waals surface area contributed by atoms with Crippen LogP contribution in [-0.4, -0.2) is 32.5 Å². The van der Waals surface area contributed by atoms with Gasteiger partial charge in [0.25, 0.3) is 11.8 Å². The maximum absolute atomic E-state index is 12.4. The zero-order chi connectivity index (χ0) is 18.7. The maximum Gasteiger partial charge on any atom is 0.255 e. The molecule has 0 spiro atoms. The van der Waals surface area contributed by atoms with Gasteiger partial charge in [-0.05, 0) is 49.2 Å². The zero-order valence-electron chi connectivity index (χ0n) is 14.2. The van der Waals surface area contributed by atoms with E-state index in [1.54, 1.807) is 42.5 Å². The molecule has 1 aliphatic rings. The number of carbonyl (C=O) groups is 2. The molecule has 0 unspecified atom stereocenters. The monoisotopic (exact) mass is 373 g/mol. The second-order valence-corrected chi connectivity index (χ2v) is 7.99. The van der Waals surface area contributed by atoms with E-state index in [-0.39, 0.29) is 11.9 Å². The van der Waals surface area contributed by atoms with Crippen LogP contribution in [0.2, 0.25) is 0 Å². The van der Waals surface area contributed by atoms with E-state index in [0.29, 0.717) is 22.5 Å². The first-order chi connectivity index (χ1) is 12.3. The van der Waals surface area contributed by atoms with E-state index < -0.39 is 15.9 Å². The number of anilines is 2. The van der Waals surface area contributed by atoms with Crippen LogP contribution < -0.4 is 15.4 Å². The SMILES string of the molecule is CS(=O)(=O)Nc1cccc(C(=O)Nc2cccc(C(=O)NC3CC3)c2)c1. The molecule has 0 saturated heterocycles. The van der Waals surface area contributed by atoms with Crippen LogP contribution in [0.3, 0.4) is 0 Å². The summed E-state index contributed by atoms with van der Waals surface area (Å²) in [6.45, 7) is 0. The molecule has 2 aromatic carbocycles. The van der Waals surface area contributed by atoms with E-state index in [2.05, 4.69) is 15.4 Å². The highest BCUT2D eigenvalue weighted by molar-refractivity contribution is 7.92. The Labute approximate surface area is 151 Å². The second-order valence-electron chi connectivity index (χ2n) is 6.24. The van der Waals surface area contributed by atoms with E-state index in [9.17, 15) is 18.0 Å². The molecule has 3 N–H and O–H groups in total. The molecule has 1 fully saturated rings. The van der Waals surface area contributed by atoms with Crippen molar-refractivity contribution in [1.29, 1.82) is 0 Å². The summed E-state index contributed by atoms with van der Waals surface area (Å²) >= 11 is 0. The van der Waals surface area contributed by atoms with Gasteiger partial charge in [-0.25, -0.2) is 8.42 Å². The summed E-state index contributed by atoms with van der Waals surface area (Å²) < 4.78 is 24.9. The third-order valence-corrected chi connectivity index (χ3v) is 4.33. The van der Waals surface area contributed by atoms with Gasteiger partial charge in [-0.1, -0.05) is 12.1 Å². The van der Waals surface area contributed by atoms with Gasteiger partial charge in [0, 0.05) is 28.5 Å². The van der Waals surface area contributed by atoms with E-state index in [0.717, 1.165) is 19.1 Å². The summed E-state index contributed by atoms with van der Waals surface area (Å²) in [5, 5.41) is 5.61. The maximum atomic E-state index is 12.4. The van der Waals surface area contributed by atoms with Crippen LogP contribution in [0.4, 0.5) is 11.4 Å². The van der Waals surface area contributed by atoms with Crippen molar-refractivity contribution in [2.45, 2.75) is 18.9 Å². The molecule has 7 nitrogen and oxygen atoms in total. The predicted molar refractivity (Wildman–Crippen MR) is 99.8 cm³/mol. The number of benzene rings is 2. The normalized spacial score (nSPS) is 13.7. The van der Waals surface area contributed by atoms with Gasteiger partial charge in [-0.2, -0.15) is 0 Å². The van der Waals surface area contributed by atoms with Crippen molar-refractivity contribution in [3.05, 3.63) is 59.7 Å². The molecule has 2 amide bonds. The fourth-order valence-electron chi connectivity index (χ4n) is 2.38. The molecule has 1 aliphatic carbocycles. The van der Waals surface area contributed by atoms with Gasteiger partial charge in [0.2, 0.25) is 10.0 Å². The summed E-state index contributed by atoms with van der Waals surface area (Å²) in [5.74, 6) is -0.565. The average molecular weight is 373 g/mol. The Morgan fingerprint density at radius 1 is 0.923 bits per heavy atom. The van der Waals surface area contributed by atoms with Gasteiger partial charge in [0.05, 0.1) is 6.26 Å². The minimum Gasteiger partial charge on any atom is -0.349 e. The Morgan fingerprint density at radius 2 is 1.50 bits per heavy atom. The van der Waals surface area contributed by atoms with Gasteiger partial charge in [0.1, 0.15) is 0 Å². The molecule has 2 aromatic rings. The van der Waals surface area contributed by atoms with Crippen LogP contribution in [-0.2, 0) is 10.0 Å². The molecule has 26 heavy (non-hydrogen) atoms. The minimum atomic E-state index is -3.42. The number of hydrogen-bond acceptors (Lipinski definition) is 4. The van der Waals surface area contributed by atoms with Crippen molar-refractivity contribution >= 4 is 33.2 Å². The fourth-order valence-corrected chi connectivity index (χ4v) is 2.93. The van der Waals surface area contributed by atoms with Crippen molar-refractivity contribution in [3.8, 4) is 0 Å². The van der Waals surface area contributed by atoms with Gasteiger partial charge < -0.3 is 10.6 Å². The quantitative estimate of drug-likeness (QED) is 0.722. The molecule has 0 radical (unpaired) electrons. The van der Waals surface area contributed by atoms with Crippen LogP contribution in [0, 0.1) is 0 Å². The molecule has 8 heteroatoms. The van der Waals surface area contributed by atoms with Gasteiger partial charge in [-0.15, -0.1) is 0 Å². The Morgan fingerprint density at radius 3 is 2.12 bits per heavy atom. The summed E-state index contributed by atoms with van der Waals surface area (Å²) in [5.41, 5.74) is 1.56. The predicted octanol–water partition coefficient (Wildman–Crippen LogP) is 2.20. The van der Waals surface area contributed by atoms with Crippen LogP contribution in [0.15, 0.2) is 48.5 Å². The highest BCUT2D eigenvalue weighted by Gasteiger charge is 2.23. The summed E-state index contributed by atoms with van der Waals surface area (Å²) in [7, 11) is -3.42. The first-order valence-corrected chi connectivity index (χ1v) is 9.99. The Balaban J connectivity index is 1.71. The molecule has 0 heterocycles. The lowest BCUT2D eigenvalue weighted by molar-refractivity contribution is 0.0949. The lowest BCUT2D eigenvalue weighted by Crippen LogP contribution is -2.25. The summed E-state index contributed by atoms with van der Waals surface area (Å²) in [4.78, 5) is 24.5. The van der Waals surface area contributed by atoms with E-state index in [1.165, 1.54) is 6.07 Å². The van der Waals surface area contributed by atoms with Crippen molar-refractivity contribution in [3.63, 3.8) is 0 Å². The van der Waals surface area contributed by atoms with Crippen LogP contribution in [0.25, 0.3) is 0 Å². The lowest BCUT2D eigenvalue weighted by Gasteiger charge is -2.09. The van der Waals surface area contributed by atoms with E-state index in [1.807, 2.05) is 0 Å². The standard InChI is InChI=1S/C18H19N3O4S/c1-26(24,25)21-16-7-3-5-13(11-16)18(23)20-15-6-2-4-12(10-15)17(22)19-14-8-9-14/h2-7,10-11,14,21H,8-9H2,1H3,(H,19,22)(H,20,23). The van der Waals surface area contributed by atoms with Crippen LogP contribution in [0.5, 0.6) is 0 Å². The molecular weight excluding hydrogens is 354 g/mol. The highest BCUT2D eigenvalue weighted by atomic mass is 32.2. The first kappa shape index (κ1) is 17.9. The summed E-state index contributed by atoms with van der Waals surface area (Å²) in [6.07, 6.45) is 3.04. The molecular formula is C18H19N3O4S. The van der Waals surface area contributed by atoms with Crippen molar-refractivity contribution < 1.29 is 18.0 Å². The number of carbonyl (C=O) groups excluding carboxylic acids is 2. The Kier molecular flexibility index (Phi) is 4.94. The van der Waals surface area contributed by atoms with Crippen molar-refractivity contribution in [1.82, 2.24) is 5.32 Å². The van der Waals surface area contributed by atoms with Crippen molar-refractivity contribution in [2.24, 2.45) is 0 Å². The molecule has 1 saturated carbocycles. The fraction of sp³-hybridized carbons (Fsp3) is 0.222. The van der Waals surface area contributed by atoms with E-state index in [4.69, 9.17) is 0 Å². The van der Waals surface area contributed by atoms with Crippen LogP contribution in [0.1, 0.15) is 33.6 Å². The molecule has 0 atom stereocenters. The third kappa shape index (κ3) is 5.06. The molecule has 0 bridgehead atoms. The Hall–Kier alpha value is -2.87. The summed E-state index contributed by atoms with van der Waals surface area (Å²) in [6, 6.07) is 13.1. The smallest absolute Gasteiger partial charge is 0.255 e. The molecule has 0 aromatic heterocycles. The number of sulfonamides is 1.